The van der Waals surface area contributed by atoms with E-state index in [0.29, 0.717) is 42.1 Å². The van der Waals surface area contributed by atoms with Crippen LogP contribution in [0.3, 0.4) is 0 Å². The molecule has 0 atom stereocenters. The lowest BCUT2D eigenvalue weighted by atomic mass is 10.0. The number of hydrogen-bond donors (Lipinski definition) is 0. The second kappa shape index (κ2) is 7.58. The molecule has 0 radical (unpaired) electrons. The summed E-state index contributed by atoms with van der Waals surface area (Å²) in [4.78, 5) is 18.9. The molecule has 0 saturated heterocycles. The fourth-order valence-corrected chi connectivity index (χ4v) is 3.23. The lowest BCUT2D eigenvalue weighted by Gasteiger charge is -2.19. The summed E-state index contributed by atoms with van der Waals surface area (Å²) >= 11 is 0. The number of rotatable bonds is 3. The number of carbonyl (C=O) groups is 1. The average Bonchev–Trinajstić information content (AvgIpc) is 2.87. The molecule has 29 heavy (non-hydrogen) atoms. The van der Waals surface area contributed by atoms with Gasteiger partial charge in [0.2, 0.25) is 0 Å². The summed E-state index contributed by atoms with van der Waals surface area (Å²) in [5.41, 5.74) is 1.81. The van der Waals surface area contributed by atoms with Crippen LogP contribution in [0.2, 0.25) is 0 Å². The van der Waals surface area contributed by atoms with Gasteiger partial charge in [0.25, 0.3) is 5.91 Å². The molecule has 2 heterocycles. The van der Waals surface area contributed by atoms with E-state index in [-0.39, 0.29) is 5.91 Å². The van der Waals surface area contributed by atoms with Crippen molar-refractivity contribution in [2.45, 2.75) is 12.7 Å². The standard InChI is InChI=1S/C22H17F3N2O2/c23-22(24,25)17-7-4-15(5-8-17)16-6-9-19-20(13-16)29-12-11-27(21(19)28)14-18-3-1-2-10-26-18/h1-10,13H,11-12,14H2. The van der Waals surface area contributed by atoms with Crippen LogP contribution >= 0.6 is 0 Å². The van der Waals surface area contributed by atoms with Crippen LogP contribution in [0.4, 0.5) is 13.2 Å². The van der Waals surface area contributed by atoms with Gasteiger partial charge in [-0.2, -0.15) is 13.2 Å². The highest BCUT2D eigenvalue weighted by molar-refractivity contribution is 5.98. The summed E-state index contributed by atoms with van der Waals surface area (Å²) in [7, 11) is 0. The van der Waals surface area contributed by atoms with Gasteiger partial charge in [-0.1, -0.05) is 24.3 Å². The first-order valence-corrected chi connectivity index (χ1v) is 9.05. The van der Waals surface area contributed by atoms with Crippen molar-refractivity contribution in [3.8, 4) is 16.9 Å². The molecule has 0 spiro atoms. The maximum Gasteiger partial charge on any atom is 0.416 e. The monoisotopic (exact) mass is 398 g/mol. The van der Waals surface area contributed by atoms with Gasteiger partial charge in [-0.05, 0) is 47.5 Å². The van der Waals surface area contributed by atoms with Crippen LogP contribution in [0, 0.1) is 0 Å². The first-order valence-electron chi connectivity index (χ1n) is 9.05. The highest BCUT2D eigenvalue weighted by Crippen LogP contribution is 2.33. The molecule has 0 aliphatic carbocycles. The van der Waals surface area contributed by atoms with Crippen molar-refractivity contribution in [1.29, 1.82) is 0 Å². The van der Waals surface area contributed by atoms with Gasteiger partial charge >= 0.3 is 6.18 Å². The Morgan fingerprint density at radius 3 is 2.45 bits per heavy atom. The van der Waals surface area contributed by atoms with Crippen LogP contribution in [-0.2, 0) is 12.7 Å². The number of nitrogens with zero attached hydrogens (tertiary/aromatic N) is 2. The van der Waals surface area contributed by atoms with Crippen LogP contribution in [0.1, 0.15) is 21.6 Å². The minimum absolute atomic E-state index is 0.165. The first kappa shape index (κ1) is 19.0. The van der Waals surface area contributed by atoms with E-state index in [0.717, 1.165) is 17.8 Å². The summed E-state index contributed by atoms with van der Waals surface area (Å²) in [5.74, 6) is 0.262. The molecule has 1 aromatic heterocycles. The van der Waals surface area contributed by atoms with E-state index in [1.165, 1.54) is 12.1 Å². The minimum atomic E-state index is -4.38. The van der Waals surface area contributed by atoms with Gasteiger partial charge in [0.15, 0.2) is 0 Å². The number of hydrogen-bond acceptors (Lipinski definition) is 3. The zero-order valence-corrected chi connectivity index (χ0v) is 15.3. The quantitative estimate of drug-likeness (QED) is 0.636. The number of halogens is 3. The van der Waals surface area contributed by atoms with E-state index in [2.05, 4.69) is 4.98 Å². The van der Waals surface area contributed by atoms with E-state index < -0.39 is 11.7 Å². The molecule has 4 nitrogen and oxygen atoms in total. The van der Waals surface area contributed by atoms with Crippen molar-refractivity contribution in [2.75, 3.05) is 13.2 Å². The summed E-state index contributed by atoms with van der Waals surface area (Å²) in [6, 6.07) is 15.5. The van der Waals surface area contributed by atoms with E-state index in [1.54, 1.807) is 29.3 Å². The smallest absolute Gasteiger partial charge is 0.416 e. The fourth-order valence-electron chi connectivity index (χ4n) is 3.23. The maximum absolute atomic E-state index is 12.9. The van der Waals surface area contributed by atoms with Gasteiger partial charge in [-0.25, -0.2) is 0 Å². The summed E-state index contributed by atoms with van der Waals surface area (Å²) in [6.07, 6.45) is -2.70. The van der Waals surface area contributed by atoms with Gasteiger partial charge in [0, 0.05) is 6.20 Å². The topological polar surface area (TPSA) is 42.4 Å². The minimum Gasteiger partial charge on any atom is -0.491 e. The summed E-state index contributed by atoms with van der Waals surface area (Å²) < 4.78 is 44.0. The Hall–Kier alpha value is -3.35. The zero-order chi connectivity index (χ0) is 20.4. The highest BCUT2D eigenvalue weighted by atomic mass is 19.4. The molecule has 0 bridgehead atoms. The normalized spacial score (nSPS) is 14.2. The molecule has 0 saturated carbocycles. The van der Waals surface area contributed by atoms with E-state index in [9.17, 15) is 18.0 Å². The number of aromatic nitrogens is 1. The highest BCUT2D eigenvalue weighted by Gasteiger charge is 2.30. The van der Waals surface area contributed by atoms with E-state index in [4.69, 9.17) is 4.74 Å². The molecule has 0 N–H and O–H groups in total. The van der Waals surface area contributed by atoms with E-state index >= 15 is 0 Å². The average molecular weight is 398 g/mol. The Morgan fingerprint density at radius 2 is 1.76 bits per heavy atom. The molecule has 7 heteroatoms. The third-order valence-electron chi connectivity index (χ3n) is 4.74. The van der Waals surface area contributed by atoms with Crippen molar-refractivity contribution in [3.05, 3.63) is 83.7 Å². The molecule has 1 aliphatic rings. The molecule has 2 aromatic carbocycles. The third-order valence-corrected chi connectivity index (χ3v) is 4.74. The van der Waals surface area contributed by atoms with Crippen LogP contribution in [0.15, 0.2) is 66.9 Å². The molecule has 0 unspecified atom stereocenters. The lowest BCUT2D eigenvalue weighted by molar-refractivity contribution is -0.137. The molecule has 0 fully saturated rings. The summed E-state index contributed by atoms with van der Waals surface area (Å²) in [5, 5.41) is 0. The van der Waals surface area contributed by atoms with E-state index in [1.807, 2.05) is 18.2 Å². The molecule has 1 amide bonds. The molecule has 1 aliphatic heterocycles. The van der Waals surface area contributed by atoms with Crippen molar-refractivity contribution >= 4 is 5.91 Å². The maximum atomic E-state index is 12.9. The third kappa shape index (κ3) is 4.08. The Bertz CT molecular complexity index is 1020. The molecule has 148 valence electrons. The SMILES string of the molecule is O=C1c2ccc(-c3ccc(C(F)(F)F)cc3)cc2OCCN1Cc1ccccn1. The number of fused-ring (bicyclic) bond motifs is 1. The van der Waals surface area contributed by atoms with Crippen LogP contribution in [0.25, 0.3) is 11.1 Å². The zero-order valence-electron chi connectivity index (χ0n) is 15.3. The number of benzene rings is 2. The fraction of sp³-hybridized carbons (Fsp3) is 0.182. The van der Waals surface area contributed by atoms with Crippen LogP contribution < -0.4 is 4.74 Å². The molecular weight excluding hydrogens is 381 g/mol. The number of amides is 1. The van der Waals surface area contributed by atoms with Gasteiger partial charge in [-0.15, -0.1) is 0 Å². The largest absolute Gasteiger partial charge is 0.491 e. The molecule has 4 rings (SSSR count). The van der Waals surface area contributed by atoms with Gasteiger partial charge in [0.1, 0.15) is 12.4 Å². The number of carbonyl (C=O) groups excluding carboxylic acids is 1. The first-order chi connectivity index (χ1) is 13.9. The molecular formula is C22H17F3N2O2. The molecule has 3 aromatic rings. The van der Waals surface area contributed by atoms with Gasteiger partial charge in [0.05, 0.1) is 29.9 Å². The second-order valence-corrected chi connectivity index (χ2v) is 6.68. The lowest BCUT2D eigenvalue weighted by Crippen LogP contribution is -2.32. The van der Waals surface area contributed by atoms with Crippen molar-refractivity contribution in [2.24, 2.45) is 0 Å². The van der Waals surface area contributed by atoms with Crippen molar-refractivity contribution in [1.82, 2.24) is 9.88 Å². The number of ether oxygens (including phenoxy) is 1. The Labute approximate surface area is 165 Å². The predicted octanol–water partition coefficient (Wildman–Crippen LogP) is 4.80. The number of pyridine rings is 1. The number of alkyl halides is 3. The predicted molar refractivity (Wildman–Crippen MR) is 101 cm³/mol. The van der Waals surface area contributed by atoms with Gasteiger partial charge in [-0.3, -0.25) is 9.78 Å². The Morgan fingerprint density at radius 1 is 1.00 bits per heavy atom. The Balaban J connectivity index is 1.59. The van der Waals surface area contributed by atoms with Crippen LogP contribution in [-0.4, -0.2) is 28.9 Å². The second-order valence-electron chi connectivity index (χ2n) is 6.68. The Kier molecular flexibility index (Phi) is 4.96. The summed E-state index contributed by atoms with van der Waals surface area (Å²) in [6.45, 7) is 1.12. The van der Waals surface area contributed by atoms with Gasteiger partial charge < -0.3 is 9.64 Å². The van der Waals surface area contributed by atoms with Crippen molar-refractivity contribution < 1.29 is 22.7 Å². The van der Waals surface area contributed by atoms with Crippen molar-refractivity contribution in [3.63, 3.8) is 0 Å². The van der Waals surface area contributed by atoms with Crippen LogP contribution in [0.5, 0.6) is 5.75 Å².